The van der Waals surface area contributed by atoms with Crippen molar-refractivity contribution < 1.29 is 13.2 Å². The van der Waals surface area contributed by atoms with Gasteiger partial charge in [0.2, 0.25) is 0 Å². The maximum Gasteiger partial charge on any atom is 0.196 e. The van der Waals surface area contributed by atoms with Gasteiger partial charge in [-0.25, -0.2) is 18.2 Å². The Morgan fingerprint density at radius 2 is 1.78 bits per heavy atom. The Hall–Kier alpha value is -1.78. The summed E-state index contributed by atoms with van der Waals surface area (Å²) in [5.41, 5.74) is 0.665. The van der Waals surface area contributed by atoms with Crippen molar-refractivity contribution >= 4 is 16.7 Å². The van der Waals surface area contributed by atoms with Crippen LogP contribution in [0.3, 0.4) is 0 Å². The molecule has 18 heavy (non-hydrogen) atoms. The first-order chi connectivity index (χ1) is 8.45. The molecule has 0 amide bonds. The van der Waals surface area contributed by atoms with E-state index in [-0.39, 0.29) is 16.8 Å². The van der Waals surface area contributed by atoms with Gasteiger partial charge in [-0.05, 0) is 23.6 Å². The SMILES string of the molecule is CNc1nc2c(F)c(F)c(F)cc2cc1C(C)C. The van der Waals surface area contributed by atoms with Gasteiger partial charge >= 0.3 is 0 Å². The minimum atomic E-state index is -1.49. The Balaban J connectivity index is 2.83. The van der Waals surface area contributed by atoms with Crippen molar-refractivity contribution in [3.05, 3.63) is 35.1 Å². The summed E-state index contributed by atoms with van der Waals surface area (Å²) in [5.74, 6) is -3.33. The first kappa shape index (κ1) is 12.7. The van der Waals surface area contributed by atoms with E-state index in [1.165, 1.54) is 0 Å². The van der Waals surface area contributed by atoms with Crippen molar-refractivity contribution in [3.63, 3.8) is 0 Å². The van der Waals surface area contributed by atoms with Gasteiger partial charge in [0, 0.05) is 12.4 Å². The average Bonchev–Trinajstić information content (AvgIpc) is 2.34. The quantitative estimate of drug-likeness (QED) is 0.824. The molecule has 2 rings (SSSR count). The predicted octanol–water partition coefficient (Wildman–Crippen LogP) is 3.82. The van der Waals surface area contributed by atoms with Crippen LogP contribution < -0.4 is 5.32 Å². The zero-order chi connectivity index (χ0) is 13.4. The van der Waals surface area contributed by atoms with E-state index >= 15 is 0 Å². The van der Waals surface area contributed by atoms with Crippen LogP contribution in [0, 0.1) is 17.5 Å². The molecule has 2 nitrogen and oxygen atoms in total. The zero-order valence-corrected chi connectivity index (χ0v) is 10.3. The van der Waals surface area contributed by atoms with Crippen LogP contribution in [-0.2, 0) is 0 Å². The van der Waals surface area contributed by atoms with E-state index in [1.54, 1.807) is 13.1 Å². The normalized spacial score (nSPS) is 11.3. The summed E-state index contributed by atoms with van der Waals surface area (Å²) >= 11 is 0. The fourth-order valence-corrected chi connectivity index (χ4v) is 1.88. The average molecular weight is 254 g/mol. The van der Waals surface area contributed by atoms with Crippen LogP contribution in [0.5, 0.6) is 0 Å². The number of anilines is 1. The largest absolute Gasteiger partial charge is 0.373 e. The Morgan fingerprint density at radius 3 is 2.33 bits per heavy atom. The molecule has 96 valence electrons. The molecule has 1 heterocycles. The van der Waals surface area contributed by atoms with E-state index < -0.39 is 17.5 Å². The maximum absolute atomic E-state index is 13.6. The minimum absolute atomic E-state index is 0.139. The summed E-state index contributed by atoms with van der Waals surface area (Å²) in [6, 6.07) is 2.59. The molecule has 1 aromatic heterocycles. The van der Waals surface area contributed by atoms with Gasteiger partial charge in [-0.3, -0.25) is 0 Å². The number of hydrogen-bond donors (Lipinski definition) is 1. The second kappa shape index (κ2) is 4.48. The molecule has 0 saturated carbocycles. The van der Waals surface area contributed by atoms with Crippen LogP contribution in [0.1, 0.15) is 25.3 Å². The smallest absolute Gasteiger partial charge is 0.196 e. The molecule has 0 unspecified atom stereocenters. The molecule has 0 fully saturated rings. The van der Waals surface area contributed by atoms with Crippen molar-refractivity contribution in [1.29, 1.82) is 0 Å². The van der Waals surface area contributed by atoms with E-state index in [1.807, 2.05) is 13.8 Å². The van der Waals surface area contributed by atoms with E-state index in [4.69, 9.17) is 0 Å². The van der Waals surface area contributed by atoms with E-state index in [0.29, 0.717) is 5.82 Å². The number of pyridine rings is 1. The van der Waals surface area contributed by atoms with Crippen LogP contribution in [0.25, 0.3) is 10.9 Å². The molecule has 0 aliphatic rings. The molecular formula is C13H13F3N2. The predicted molar refractivity (Wildman–Crippen MR) is 65.3 cm³/mol. The first-order valence-electron chi connectivity index (χ1n) is 5.61. The van der Waals surface area contributed by atoms with E-state index in [9.17, 15) is 13.2 Å². The third kappa shape index (κ3) is 1.89. The Kier molecular flexibility index (Phi) is 3.15. The van der Waals surface area contributed by atoms with Gasteiger partial charge in [0.25, 0.3) is 0 Å². The number of nitrogens with one attached hydrogen (secondary N) is 1. The van der Waals surface area contributed by atoms with Crippen molar-refractivity contribution in [2.45, 2.75) is 19.8 Å². The molecule has 0 bridgehead atoms. The lowest BCUT2D eigenvalue weighted by molar-refractivity contribution is 0.452. The molecule has 5 heteroatoms. The summed E-state index contributed by atoms with van der Waals surface area (Å²) in [7, 11) is 1.65. The van der Waals surface area contributed by atoms with E-state index in [0.717, 1.165) is 11.6 Å². The van der Waals surface area contributed by atoms with Gasteiger partial charge in [0.05, 0.1) is 0 Å². The number of rotatable bonds is 2. The number of halogens is 3. The molecule has 0 radical (unpaired) electrons. The number of nitrogens with zero attached hydrogens (tertiary/aromatic N) is 1. The van der Waals surface area contributed by atoms with Crippen molar-refractivity contribution in [3.8, 4) is 0 Å². The summed E-state index contributed by atoms with van der Waals surface area (Å²) in [6.07, 6.45) is 0. The van der Waals surface area contributed by atoms with Crippen molar-refractivity contribution in [2.75, 3.05) is 12.4 Å². The zero-order valence-electron chi connectivity index (χ0n) is 10.3. The second-order valence-corrected chi connectivity index (χ2v) is 4.39. The lowest BCUT2D eigenvalue weighted by atomic mass is 10.0. The Labute approximate surface area is 103 Å². The fourth-order valence-electron chi connectivity index (χ4n) is 1.88. The maximum atomic E-state index is 13.6. The van der Waals surface area contributed by atoms with E-state index in [2.05, 4.69) is 10.3 Å². The van der Waals surface area contributed by atoms with Crippen LogP contribution in [0.15, 0.2) is 12.1 Å². The monoisotopic (exact) mass is 254 g/mol. The highest BCUT2D eigenvalue weighted by Gasteiger charge is 2.17. The van der Waals surface area contributed by atoms with Crippen LogP contribution in [-0.4, -0.2) is 12.0 Å². The number of aromatic nitrogens is 1. The van der Waals surface area contributed by atoms with Crippen LogP contribution >= 0.6 is 0 Å². The highest BCUT2D eigenvalue weighted by molar-refractivity contribution is 5.82. The highest BCUT2D eigenvalue weighted by atomic mass is 19.2. The molecule has 0 saturated heterocycles. The van der Waals surface area contributed by atoms with Gasteiger partial charge < -0.3 is 5.32 Å². The number of fused-ring (bicyclic) bond motifs is 1. The minimum Gasteiger partial charge on any atom is -0.373 e. The summed E-state index contributed by atoms with van der Waals surface area (Å²) in [4.78, 5) is 4.02. The standard InChI is InChI=1S/C13H13F3N2/c1-6(2)8-4-7-5-9(14)10(15)11(16)12(7)18-13(8)17-3/h4-6H,1-3H3,(H,17,18). The molecule has 0 aliphatic carbocycles. The number of benzene rings is 1. The molecule has 0 aliphatic heterocycles. The summed E-state index contributed by atoms with van der Waals surface area (Å²) in [5, 5.41) is 3.09. The van der Waals surface area contributed by atoms with Gasteiger partial charge in [-0.2, -0.15) is 0 Å². The van der Waals surface area contributed by atoms with Crippen LogP contribution in [0.2, 0.25) is 0 Å². The molecular weight excluding hydrogens is 241 g/mol. The van der Waals surface area contributed by atoms with Gasteiger partial charge in [0.15, 0.2) is 17.5 Å². The third-order valence-corrected chi connectivity index (χ3v) is 2.83. The van der Waals surface area contributed by atoms with Gasteiger partial charge in [0.1, 0.15) is 11.3 Å². The first-order valence-corrected chi connectivity index (χ1v) is 5.61. The summed E-state index contributed by atoms with van der Waals surface area (Å²) in [6.45, 7) is 3.89. The molecule has 1 N–H and O–H groups in total. The molecule has 1 aromatic carbocycles. The molecule has 2 aromatic rings. The molecule has 0 spiro atoms. The Morgan fingerprint density at radius 1 is 1.11 bits per heavy atom. The highest BCUT2D eigenvalue weighted by Crippen LogP contribution is 2.29. The summed E-state index contributed by atoms with van der Waals surface area (Å²) < 4.78 is 39.9. The van der Waals surface area contributed by atoms with Crippen molar-refractivity contribution in [1.82, 2.24) is 4.98 Å². The number of hydrogen-bond acceptors (Lipinski definition) is 2. The van der Waals surface area contributed by atoms with Gasteiger partial charge in [-0.1, -0.05) is 13.8 Å². The third-order valence-electron chi connectivity index (χ3n) is 2.83. The second-order valence-electron chi connectivity index (χ2n) is 4.39. The topological polar surface area (TPSA) is 24.9 Å². The Bertz CT molecular complexity index is 609. The van der Waals surface area contributed by atoms with Gasteiger partial charge in [-0.15, -0.1) is 0 Å². The van der Waals surface area contributed by atoms with Crippen LogP contribution in [0.4, 0.5) is 19.0 Å². The lowest BCUT2D eigenvalue weighted by Crippen LogP contribution is -2.03. The van der Waals surface area contributed by atoms with Crippen molar-refractivity contribution in [2.24, 2.45) is 0 Å². The molecule has 0 atom stereocenters. The lowest BCUT2D eigenvalue weighted by Gasteiger charge is -2.13. The fraction of sp³-hybridized carbons (Fsp3) is 0.308.